The van der Waals surface area contributed by atoms with E-state index >= 15 is 0 Å². The highest BCUT2D eigenvalue weighted by molar-refractivity contribution is 7.89. The Labute approximate surface area is 133 Å². The Morgan fingerprint density at radius 1 is 1.14 bits per heavy atom. The molecule has 120 valence electrons. The van der Waals surface area contributed by atoms with Crippen LogP contribution >= 0.6 is 11.6 Å². The Kier molecular flexibility index (Phi) is 8.26. The van der Waals surface area contributed by atoms with Crippen molar-refractivity contribution in [3.63, 3.8) is 0 Å². The molecule has 0 saturated heterocycles. The Morgan fingerprint density at radius 2 is 1.90 bits per heavy atom. The van der Waals surface area contributed by atoms with Crippen molar-refractivity contribution >= 4 is 21.6 Å². The van der Waals surface area contributed by atoms with Crippen molar-refractivity contribution in [2.45, 2.75) is 51.0 Å². The van der Waals surface area contributed by atoms with Gasteiger partial charge in [-0.25, -0.2) is 13.1 Å². The fourth-order valence-corrected chi connectivity index (χ4v) is 3.35. The summed E-state index contributed by atoms with van der Waals surface area (Å²) >= 11 is 6.14. The number of nitrogens with one attached hydrogen (secondary N) is 2. The van der Waals surface area contributed by atoms with Gasteiger partial charge in [0.2, 0.25) is 10.0 Å². The van der Waals surface area contributed by atoms with Gasteiger partial charge in [-0.3, -0.25) is 0 Å². The van der Waals surface area contributed by atoms with E-state index in [9.17, 15) is 8.42 Å². The van der Waals surface area contributed by atoms with Crippen LogP contribution in [-0.2, 0) is 16.6 Å². The van der Waals surface area contributed by atoms with Gasteiger partial charge < -0.3 is 5.32 Å². The van der Waals surface area contributed by atoms with Crippen LogP contribution in [0.2, 0.25) is 5.02 Å². The van der Waals surface area contributed by atoms with Gasteiger partial charge in [-0.2, -0.15) is 0 Å². The molecule has 2 N–H and O–H groups in total. The number of sulfonamides is 1. The zero-order valence-corrected chi connectivity index (χ0v) is 14.4. The second-order valence-electron chi connectivity index (χ2n) is 4.99. The van der Waals surface area contributed by atoms with Crippen LogP contribution in [0, 0.1) is 0 Å². The van der Waals surface area contributed by atoms with Gasteiger partial charge in [0.25, 0.3) is 0 Å². The minimum Gasteiger partial charge on any atom is -0.313 e. The topological polar surface area (TPSA) is 58.2 Å². The molecule has 21 heavy (non-hydrogen) atoms. The van der Waals surface area contributed by atoms with Crippen molar-refractivity contribution in [2.75, 3.05) is 13.1 Å². The van der Waals surface area contributed by atoms with Gasteiger partial charge in [0, 0.05) is 18.1 Å². The van der Waals surface area contributed by atoms with Crippen LogP contribution in [0.1, 0.15) is 45.1 Å². The van der Waals surface area contributed by atoms with Crippen molar-refractivity contribution in [3.05, 3.63) is 28.8 Å². The second kappa shape index (κ2) is 9.41. The highest BCUT2D eigenvalue weighted by Crippen LogP contribution is 2.20. The molecule has 0 atom stereocenters. The Hall–Kier alpha value is -0.620. The molecule has 0 aliphatic carbocycles. The molecule has 0 fully saturated rings. The Balaban J connectivity index is 2.64. The van der Waals surface area contributed by atoms with Gasteiger partial charge in [0.1, 0.15) is 0 Å². The summed E-state index contributed by atoms with van der Waals surface area (Å²) < 4.78 is 26.9. The van der Waals surface area contributed by atoms with E-state index in [1.165, 1.54) is 6.07 Å². The third-order valence-corrected chi connectivity index (χ3v) is 5.03. The van der Waals surface area contributed by atoms with Crippen LogP contribution in [-0.4, -0.2) is 21.5 Å². The average Bonchev–Trinajstić information content (AvgIpc) is 2.45. The predicted octanol–water partition coefficient (Wildman–Crippen LogP) is 3.31. The first-order valence-corrected chi connectivity index (χ1v) is 9.36. The fraction of sp³-hybridized carbons (Fsp3) is 0.600. The first kappa shape index (κ1) is 18.4. The van der Waals surface area contributed by atoms with Crippen LogP contribution in [0.15, 0.2) is 23.1 Å². The summed E-state index contributed by atoms with van der Waals surface area (Å²) in [6, 6.07) is 4.88. The molecule has 1 rings (SSSR count). The summed E-state index contributed by atoms with van der Waals surface area (Å²) in [6.45, 7) is 6.09. The summed E-state index contributed by atoms with van der Waals surface area (Å²) in [7, 11) is -3.46. The molecule has 0 heterocycles. The second-order valence-corrected chi connectivity index (χ2v) is 7.17. The largest absolute Gasteiger partial charge is 0.313 e. The number of unbranched alkanes of at least 4 members (excludes halogenated alkanes) is 3. The maximum Gasteiger partial charge on any atom is 0.240 e. The van der Waals surface area contributed by atoms with E-state index in [-0.39, 0.29) is 4.90 Å². The van der Waals surface area contributed by atoms with Crippen molar-refractivity contribution in [2.24, 2.45) is 0 Å². The molecule has 0 spiro atoms. The molecule has 0 aliphatic heterocycles. The Morgan fingerprint density at radius 3 is 2.52 bits per heavy atom. The molecule has 0 unspecified atom stereocenters. The van der Waals surface area contributed by atoms with Gasteiger partial charge in [-0.1, -0.05) is 50.8 Å². The number of halogens is 1. The van der Waals surface area contributed by atoms with Gasteiger partial charge in [-0.15, -0.1) is 0 Å². The zero-order valence-electron chi connectivity index (χ0n) is 12.8. The van der Waals surface area contributed by atoms with E-state index in [2.05, 4.69) is 17.0 Å². The first-order chi connectivity index (χ1) is 10.0. The lowest BCUT2D eigenvalue weighted by molar-refractivity contribution is 0.573. The highest BCUT2D eigenvalue weighted by Gasteiger charge is 2.14. The molecule has 0 radical (unpaired) electrons. The van der Waals surface area contributed by atoms with Gasteiger partial charge in [0.15, 0.2) is 0 Å². The molecule has 0 aliphatic rings. The van der Waals surface area contributed by atoms with Crippen LogP contribution in [0.25, 0.3) is 0 Å². The number of hydrogen-bond acceptors (Lipinski definition) is 3. The van der Waals surface area contributed by atoms with Crippen LogP contribution in [0.5, 0.6) is 0 Å². The molecule has 6 heteroatoms. The van der Waals surface area contributed by atoms with E-state index in [0.717, 1.165) is 37.8 Å². The Bertz CT molecular complexity index is 532. The molecular formula is C15H25ClN2O2S. The standard InChI is InChI=1S/C15H25ClN2O2S/c1-3-5-6-7-10-18-21(19,20)14-9-8-13(12-17-4-2)15(16)11-14/h8-9,11,17-18H,3-7,10,12H2,1-2H3. The highest BCUT2D eigenvalue weighted by atomic mass is 35.5. The number of hydrogen-bond donors (Lipinski definition) is 2. The lowest BCUT2D eigenvalue weighted by atomic mass is 10.2. The summed E-state index contributed by atoms with van der Waals surface area (Å²) in [4.78, 5) is 0.225. The van der Waals surface area contributed by atoms with Crippen LogP contribution < -0.4 is 10.0 Å². The third kappa shape index (κ3) is 6.34. The molecule has 0 bridgehead atoms. The smallest absolute Gasteiger partial charge is 0.240 e. The van der Waals surface area contributed by atoms with E-state index in [1.807, 2.05) is 6.92 Å². The average molecular weight is 333 g/mol. The van der Waals surface area contributed by atoms with E-state index in [0.29, 0.717) is 18.1 Å². The van der Waals surface area contributed by atoms with Crippen molar-refractivity contribution < 1.29 is 8.42 Å². The summed E-state index contributed by atoms with van der Waals surface area (Å²) in [5.74, 6) is 0. The monoisotopic (exact) mass is 332 g/mol. The van der Waals surface area contributed by atoms with E-state index in [4.69, 9.17) is 11.6 Å². The van der Waals surface area contributed by atoms with Crippen molar-refractivity contribution in [3.8, 4) is 0 Å². The SMILES string of the molecule is CCCCCCNS(=O)(=O)c1ccc(CNCC)c(Cl)c1. The molecule has 4 nitrogen and oxygen atoms in total. The maximum absolute atomic E-state index is 12.2. The lowest BCUT2D eigenvalue weighted by Gasteiger charge is -2.09. The molecule has 0 amide bonds. The molecule has 0 saturated carbocycles. The summed E-state index contributed by atoms with van der Waals surface area (Å²) in [6.07, 6.45) is 4.17. The molecule has 1 aromatic rings. The number of benzene rings is 1. The van der Waals surface area contributed by atoms with Crippen molar-refractivity contribution in [1.29, 1.82) is 0 Å². The quantitative estimate of drug-likeness (QED) is 0.646. The molecular weight excluding hydrogens is 308 g/mol. The van der Waals surface area contributed by atoms with E-state index < -0.39 is 10.0 Å². The van der Waals surface area contributed by atoms with Crippen LogP contribution in [0.4, 0.5) is 0 Å². The normalized spacial score (nSPS) is 11.8. The first-order valence-electron chi connectivity index (χ1n) is 7.50. The maximum atomic E-state index is 12.2. The molecule has 1 aromatic carbocycles. The molecule has 0 aromatic heterocycles. The van der Waals surface area contributed by atoms with Gasteiger partial charge >= 0.3 is 0 Å². The summed E-state index contributed by atoms with van der Waals surface area (Å²) in [5.41, 5.74) is 0.903. The minimum atomic E-state index is -3.46. The predicted molar refractivity (Wildman–Crippen MR) is 88.2 cm³/mol. The van der Waals surface area contributed by atoms with E-state index in [1.54, 1.807) is 12.1 Å². The van der Waals surface area contributed by atoms with Crippen molar-refractivity contribution in [1.82, 2.24) is 10.0 Å². The third-order valence-electron chi connectivity index (χ3n) is 3.22. The minimum absolute atomic E-state index is 0.225. The van der Waals surface area contributed by atoms with Gasteiger partial charge in [0.05, 0.1) is 4.90 Å². The summed E-state index contributed by atoms with van der Waals surface area (Å²) in [5, 5.41) is 3.64. The van der Waals surface area contributed by atoms with Gasteiger partial charge in [-0.05, 0) is 30.7 Å². The number of rotatable bonds is 10. The zero-order chi connectivity index (χ0) is 15.7. The lowest BCUT2D eigenvalue weighted by Crippen LogP contribution is -2.25. The van der Waals surface area contributed by atoms with Crippen LogP contribution in [0.3, 0.4) is 0 Å². The fourth-order valence-electron chi connectivity index (χ4n) is 1.94.